The van der Waals surface area contributed by atoms with Gasteiger partial charge in [-0.15, -0.1) is 0 Å². The van der Waals surface area contributed by atoms with Crippen LogP contribution in [-0.4, -0.2) is 19.1 Å². The molecule has 2 aromatic rings. The highest BCUT2D eigenvalue weighted by Gasteiger charge is 2.15. The Balaban J connectivity index is 1.50. The van der Waals surface area contributed by atoms with Gasteiger partial charge in [-0.25, -0.2) is 4.39 Å². The van der Waals surface area contributed by atoms with Crippen molar-refractivity contribution in [2.75, 3.05) is 18.5 Å². The monoisotopic (exact) mass is 315 g/mol. The first-order valence-electron chi connectivity index (χ1n) is 7.47. The summed E-state index contributed by atoms with van der Waals surface area (Å²) in [6, 6.07) is 13.6. The summed E-state index contributed by atoms with van der Waals surface area (Å²) in [6.45, 7) is 0.825. The van der Waals surface area contributed by atoms with Crippen LogP contribution in [0.3, 0.4) is 0 Å². The minimum atomic E-state index is -0.339. The Kier molecular flexibility index (Phi) is 4.85. The zero-order valence-corrected chi connectivity index (χ0v) is 12.5. The number of ether oxygens (including phenoxy) is 1. The molecule has 1 saturated heterocycles. The Morgan fingerprint density at radius 1 is 1.17 bits per heavy atom. The van der Waals surface area contributed by atoms with Gasteiger partial charge in [-0.2, -0.15) is 0 Å². The Hall–Kier alpha value is -2.44. The van der Waals surface area contributed by atoms with Crippen LogP contribution >= 0.6 is 0 Å². The van der Waals surface area contributed by atoms with E-state index in [4.69, 9.17) is 4.74 Å². The average molecular weight is 315 g/mol. The van der Waals surface area contributed by atoms with Gasteiger partial charge < -0.3 is 10.1 Å². The van der Waals surface area contributed by atoms with E-state index in [0.29, 0.717) is 17.5 Å². The molecule has 1 atom stereocenters. The number of halogens is 1. The first kappa shape index (κ1) is 15.5. The van der Waals surface area contributed by atoms with Gasteiger partial charge in [-0.3, -0.25) is 15.6 Å². The molecule has 0 spiro atoms. The fourth-order valence-corrected chi connectivity index (χ4v) is 2.41. The van der Waals surface area contributed by atoms with Crippen LogP contribution in [0.5, 0.6) is 5.75 Å². The highest BCUT2D eigenvalue weighted by Crippen LogP contribution is 2.20. The predicted molar refractivity (Wildman–Crippen MR) is 85.5 cm³/mol. The molecule has 3 N–H and O–H groups in total. The number of nitrogens with one attached hydrogen (secondary N) is 3. The van der Waals surface area contributed by atoms with Crippen LogP contribution in [0.2, 0.25) is 0 Å². The van der Waals surface area contributed by atoms with Gasteiger partial charge in [-0.05, 0) is 48.4 Å². The molecule has 1 heterocycles. The van der Waals surface area contributed by atoms with Crippen molar-refractivity contribution in [3.63, 3.8) is 0 Å². The van der Waals surface area contributed by atoms with E-state index < -0.39 is 0 Å². The van der Waals surface area contributed by atoms with Crippen LogP contribution in [0, 0.1) is 5.82 Å². The number of rotatable bonds is 5. The summed E-state index contributed by atoms with van der Waals surface area (Å²) in [4.78, 5) is 11.9. The predicted octanol–water partition coefficient (Wildman–Crippen LogP) is 2.38. The van der Waals surface area contributed by atoms with E-state index in [0.717, 1.165) is 13.0 Å². The lowest BCUT2D eigenvalue weighted by Gasteiger charge is -2.11. The normalized spacial score (nSPS) is 17.0. The highest BCUT2D eigenvalue weighted by atomic mass is 19.1. The van der Waals surface area contributed by atoms with Crippen LogP contribution in [0.4, 0.5) is 10.1 Å². The summed E-state index contributed by atoms with van der Waals surface area (Å²) in [5.41, 5.74) is 8.18. The Bertz CT molecular complexity index is 653. The fraction of sp³-hybridized carbons (Fsp3) is 0.235. The van der Waals surface area contributed by atoms with E-state index in [1.807, 2.05) is 24.3 Å². The molecule has 1 aliphatic rings. The lowest BCUT2D eigenvalue weighted by molar-refractivity contribution is -0.118. The molecule has 1 fully saturated rings. The number of hydrogen-bond acceptors (Lipinski definition) is 4. The van der Waals surface area contributed by atoms with Crippen molar-refractivity contribution in [1.82, 2.24) is 10.9 Å². The number of amides is 1. The minimum Gasteiger partial charge on any atom is -0.484 e. The second-order valence-corrected chi connectivity index (χ2v) is 5.33. The minimum absolute atomic E-state index is 0.124. The maximum absolute atomic E-state index is 12.8. The van der Waals surface area contributed by atoms with Gasteiger partial charge in [0.15, 0.2) is 6.61 Å². The SMILES string of the molecule is O=C(COc1ccc(F)cc1)Nc1ccc(C2CCNN2)cc1. The van der Waals surface area contributed by atoms with Crippen LogP contribution in [0.1, 0.15) is 18.0 Å². The lowest BCUT2D eigenvalue weighted by atomic mass is 10.1. The number of carbonyl (C=O) groups is 1. The highest BCUT2D eigenvalue weighted by molar-refractivity contribution is 5.91. The first-order chi connectivity index (χ1) is 11.2. The molecule has 6 heteroatoms. The zero-order valence-electron chi connectivity index (χ0n) is 12.5. The van der Waals surface area contributed by atoms with Crippen LogP contribution < -0.4 is 20.9 Å². The van der Waals surface area contributed by atoms with Crippen molar-refractivity contribution < 1.29 is 13.9 Å². The van der Waals surface area contributed by atoms with Crippen LogP contribution in [-0.2, 0) is 4.79 Å². The Labute approximate surface area is 133 Å². The average Bonchev–Trinajstić information content (AvgIpc) is 3.09. The summed E-state index contributed by atoms with van der Waals surface area (Å²) in [6.07, 6.45) is 1.04. The summed E-state index contributed by atoms with van der Waals surface area (Å²) in [7, 11) is 0. The van der Waals surface area contributed by atoms with Crippen molar-refractivity contribution in [2.24, 2.45) is 0 Å². The smallest absolute Gasteiger partial charge is 0.262 e. The Morgan fingerprint density at radius 2 is 1.91 bits per heavy atom. The van der Waals surface area contributed by atoms with Gasteiger partial charge in [0, 0.05) is 18.3 Å². The fourth-order valence-electron chi connectivity index (χ4n) is 2.41. The Morgan fingerprint density at radius 3 is 2.57 bits per heavy atom. The molecule has 23 heavy (non-hydrogen) atoms. The molecule has 0 aliphatic carbocycles. The molecule has 3 rings (SSSR count). The number of benzene rings is 2. The summed E-state index contributed by atoms with van der Waals surface area (Å²) in [5.74, 6) is -0.145. The third kappa shape index (κ3) is 4.28. The molecule has 1 unspecified atom stereocenters. The third-order valence-electron chi connectivity index (χ3n) is 3.61. The summed E-state index contributed by atoms with van der Waals surface area (Å²) >= 11 is 0. The molecule has 2 aromatic carbocycles. The van der Waals surface area contributed by atoms with E-state index in [2.05, 4.69) is 16.2 Å². The second-order valence-electron chi connectivity index (χ2n) is 5.33. The van der Waals surface area contributed by atoms with E-state index in [-0.39, 0.29) is 18.3 Å². The van der Waals surface area contributed by atoms with Gasteiger partial charge in [0.2, 0.25) is 0 Å². The molecular formula is C17H18FN3O2. The molecule has 0 bridgehead atoms. The van der Waals surface area contributed by atoms with Crippen molar-refractivity contribution in [1.29, 1.82) is 0 Å². The summed E-state index contributed by atoms with van der Waals surface area (Å²) in [5, 5.41) is 2.77. The molecular weight excluding hydrogens is 297 g/mol. The third-order valence-corrected chi connectivity index (χ3v) is 3.61. The van der Waals surface area contributed by atoms with E-state index >= 15 is 0 Å². The van der Waals surface area contributed by atoms with Gasteiger partial charge >= 0.3 is 0 Å². The molecule has 1 aliphatic heterocycles. The second kappa shape index (κ2) is 7.21. The van der Waals surface area contributed by atoms with Gasteiger partial charge in [0.05, 0.1) is 0 Å². The zero-order chi connectivity index (χ0) is 16.1. The maximum atomic E-state index is 12.8. The van der Waals surface area contributed by atoms with Crippen molar-refractivity contribution in [3.8, 4) is 5.75 Å². The molecule has 0 aromatic heterocycles. The van der Waals surface area contributed by atoms with Gasteiger partial charge in [0.25, 0.3) is 5.91 Å². The van der Waals surface area contributed by atoms with E-state index in [1.165, 1.54) is 29.8 Å². The molecule has 5 nitrogen and oxygen atoms in total. The number of hydrogen-bond donors (Lipinski definition) is 3. The van der Waals surface area contributed by atoms with Crippen molar-refractivity contribution >= 4 is 11.6 Å². The molecule has 1 amide bonds. The molecule has 0 saturated carbocycles. The summed E-state index contributed by atoms with van der Waals surface area (Å²) < 4.78 is 18.1. The maximum Gasteiger partial charge on any atom is 0.262 e. The van der Waals surface area contributed by atoms with Crippen LogP contribution in [0.25, 0.3) is 0 Å². The number of carbonyl (C=O) groups excluding carboxylic acids is 1. The van der Waals surface area contributed by atoms with Crippen molar-refractivity contribution in [3.05, 3.63) is 59.9 Å². The first-order valence-corrected chi connectivity index (χ1v) is 7.47. The lowest BCUT2D eigenvalue weighted by Crippen LogP contribution is -2.24. The standard InChI is InChI=1S/C17H18FN3O2/c18-13-3-7-15(8-4-13)23-11-17(22)20-14-5-1-12(2-6-14)16-9-10-19-21-16/h1-8,16,19,21H,9-11H2,(H,20,22). The molecule has 120 valence electrons. The quantitative estimate of drug-likeness (QED) is 0.793. The molecule has 0 radical (unpaired) electrons. The number of anilines is 1. The van der Waals surface area contributed by atoms with E-state index in [1.54, 1.807) is 0 Å². The number of hydrazine groups is 1. The van der Waals surface area contributed by atoms with Gasteiger partial charge in [-0.1, -0.05) is 12.1 Å². The van der Waals surface area contributed by atoms with Crippen LogP contribution in [0.15, 0.2) is 48.5 Å². The van der Waals surface area contributed by atoms with E-state index in [9.17, 15) is 9.18 Å². The topological polar surface area (TPSA) is 62.4 Å². The van der Waals surface area contributed by atoms with Crippen molar-refractivity contribution in [2.45, 2.75) is 12.5 Å². The largest absolute Gasteiger partial charge is 0.484 e. The van der Waals surface area contributed by atoms with Gasteiger partial charge in [0.1, 0.15) is 11.6 Å².